The summed E-state index contributed by atoms with van der Waals surface area (Å²) in [6.07, 6.45) is 1.47. The van der Waals surface area contributed by atoms with Crippen LogP contribution < -0.4 is 4.72 Å². The lowest BCUT2D eigenvalue weighted by molar-refractivity contribution is 0.600. The van der Waals surface area contributed by atoms with E-state index < -0.39 is 10.0 Å². The number of thiazole rings is 1. The maximum Gasteiger partial charge on any atom is 0.267 e. The number of nitrogens with zero attached hydrogens (tertiary/aromatic N) is 3. The molecule has 0 fully saturated rings. The van der Waals surface area contributed by atoms with Gasteiger partial charge in [-0.05, 0) is 13.8 Å². The van der Waals surface area contributed by atoms with Gasteiger partial charge in [0.2, 0.25) is 0 Å². The Balaban J connectivity index is 2.34. The van der Waals surface area contributed by atoms with Gasteiger partial charge in [0.1, 0.15) is 4.90 Å². The third-order valence-electron chi connectivity index (χ3n) is 2.10. The van der Waals surface area contributed by atoms with E-state index in [9.17, 15) is 8.42 Å². The van der Waals surface area contributed by atoms with Crippen LogP contribution in [0.25, 0.3) is 0 Å². The van der Waals surface area contributed by atoms with Gasteiger partial charge in [0.15, 0.2) is 5.13 Å². The molecule has 0 spiro atoms. The van der Waals surface area contributed by atoms with Crippen molar-refractivity contribution < 1.29 is 8.42 Å². The number of nitrogens with one attached hydrogen (secondary N) is 1. The van der Waals surface area contributed by atoms with Crippen LogP contribution >= 0.6 is 11.3 Å². The molecule has 0 saturated carbocycles. The minimum atomic E-state index is -3.60. The van der Waals surface area contributed by atoms with E-state index in [1.807, 2.05) is 6.92 Å². The average Bonchev–Trinajstić information content (AvgIpc) is 2.72. The molecule has 2 rings (SSSR count). The molecule has 0 aliphatic rings. The molecular weight excluding hydrogens is 260 g/mol. The van der Waals surface area contributed by atoms with Gasteiger partial charge in [-0.15, -0.1) is 11.3 Å². The van der Waals surface area contributed by atoms with E-state index in [-0.39, 0.29) is 4.90 Å². The summed E-state index contributed by atoms with van der Waals surface area (Å²) < 4.78 is 28.0. The summed E-state index contributed by atoms with van der Waals surface area (Å²) in [5.74, 6) is 0. The van der Waals surface area contributed by atoms with Crippen LogP contribution in [-0.2, 0) is 17.1 Å². The van der Waals surface area contributed by atoms with Crippen LogP contribution in [0.1, 0.15) is 11.4 Å². The Morgan fingerprint density at radius 1 is 1.41 bits per heavy atom. The third kappa shape index (κ3) is 2.47. The standard InChI is InChI=1S/C9H12N4O2S2/c1-6-5-16-9(10-6)12-17(14,15)8-4-13(3)11-7(8)2/h4-5H,1-3H3,(H,10,12). The Bertz CT molecular complexity index is 642. The van der Waals surface area contributed by atoms with E-state index in [1.54, 1.807) is 19.4 Å². The van der Waals surface area contributed by atoms with Gasteiger partial charge in [0, 0.05) is 18.6 Å². The monoisotopic (exact) mass is 272 g/mol. The van der Waals surface area contributed by atoms with Crippen molar-refractivity contribution >= 4 is 26.5 Å². The fourth-order valence-corrected chi connectivity index (χ4v) is 3.57. The minimum Gasteiger partial charge on any atom is -0.274 e. The maximum atomic E-state index is 12.0. The van der Waals surface area contributed by atoms with Crippen molar-refractivity contribution in [1.29, 1.82) is 0 Å². The zero-order valence-electron chi connectivity index (χ0n) is 9.63. The van der Waals surface area contributed by atoms with E-state index in [2.05, 4.69) is 14.8 Å². The van der Waals surface area contributed by atoms with Crippen LogP contribution in [-0.4, -0.2) is 23.2 Å². The second-order valence-corrected chi connectivity index (χ2v) is 6.16. The van der Waals surface area contributed by atoms with Crippen LogP contribution in [0, 0.1) is 13.8 Å². The Kier molecular flexibility index (Phi) is 2.92. The highest BCUT2D eigenvalue weighted by Gasteiger charge is 2.20. The molecule has 0 amide bonds. The smallest absolute Gasteiger partial charge is 0.267 e. The first-order valence-corrected chi connectivity index (χ1v) is 7.20. The van der Waals surface area contributed by atoms with Gasteiger partial charge in [-0.3, -0.25) is 9.40 Å². The van der Waals surface area contributed by atoms with Crippen molar-refractivity contribution in [2.75, 3.05) is 4.72 Å². The summed E-state index contributed by atoms with van der Waals surface area (Å²) in [5, 5.41) is 6.16. The van der Waals surface area contributed by atoms with Crippen molar-refractivity contribution in [1.82, 2.24) is 14.8 Å². The summed E-state index contributed by atoms with van der Waals surface area (Å²) in [6, 6.07) is 0. The molecule has 0 saturated heterocycles. The summed E-state index contributed by atoms with van der Waals surface area (Å²) >= 11 is 1.26. The number of aromatic nitrogens is 3. The molecule has 0 radical (unpaired) electrons. The fraction of sp³-hybridized carbons (Fsp3) is 0.333. The zero-order chi connectivity index (χ0) is 12.6. The van der Waals surface area contributed by atoms with Crippen molar-refractivity contribution in [2.45, 2.75) is 18.7 Å². The van der Waals surface area contributed by atoms with Gasteiger partial charge in [0.05, 0.1) is 11.4 Å². The Morgan fingerprint density at radius 3 is 2.59 bits per heavy atom. The van der Waals surface area contributed by atoms with E-state index in [0.29, 0.717) is 10.8 Å². The van der Waals surface area contributed by atoms with Crippen LogP contribution in [0.3, 0.4) is 0 Å². The molecule has 2 aromatic rings. The Labute approximate surface area is 103 Å². The molecule has 0 bridgehead atoms. The summed E-state index contributed by atoms with van der Waals surface area (Å²) in [5.41, 5.74) is 1.25. The molecule has 6 nitrogen and oxygen atoms in total. The molecule has 2 aromatic heterocycles. The largest absolute Gasteiger partial charge is 0.274 e. The topological polar surface area (TPSA) is 76.9 Å². The first-order valence-electron chi connectivity index (χ1n) is 4.83. The lowest BCUT2D eigenvalue weighted by Crippen LogP contribution is -2.13. The highest BCUT2D eigenvalue weighted by molar-refractivity contribution is 7.93. The highest BCUT2D eigenvalue weighted by atomic mass is 32.2. The molecule has 92 valence electrons. The first-order chi connectivity index (χ1) is 7.88. The molecule has 8 heteroatoms. The number of anilines is 1. The minimum absolute atomic E-state index is 0.174. The van der Waals surface area contributed by atoms with Crippen LogP contribution in [0.2, 0.25) is 0 Å². The van der Waals surface area contributed by atoms with Gasteiger partial charge in [0.25, 0.3) is 10.0 Å². The van der Waals surface area contributed by atoms with Crippen LogP contribution in [0.5, 0.6) is 0 Å². The second-order valence-electron chi connectivity index (χ2n) is 3.65. The molecule has 0 aromatic carbocycles. The quantitative estimate of drug-likeness (QED) is 0.913. The predicted molar refractivity (Wildman–Crippen MR) is 65.6 cm³/mol. The molecule has 1 N–H and O–H groups in total. The summed E-state index contributed by atoms with van der Waals surface area (Å²) in [6.45, 7) is 3.46. The van der Waals surface area contributed by atoms with Crippen molar-refractivity contribution in [3.8, 4) is 0 Å². The molecular formula is C9H12N4O2S2. The molecule has 0 aliphatic heterocycles. The van der Waals surface area contributed by atoms with Gasteiger partial charge in [-0.25, -0.2) is 13.4 Å². The van der Waals surface area contributed by atoms with E-state index in [1.165, 1.54) is 22.2 Å². The van der Waals surface area contributed by atoms with Gasteiger partial charge in [-0.1, -0.05) is 0 Å². The predicted octanol–water partition coefficient (Wildman–Crippen LogP) is 1.29. The Morgan fingerprint density at radius 2 is 2.12 bits per heavy atom. The number of sulfonamides is 1. The molecule has 0 atom stereocenters. The SMILES string of the molecule is Cc1csc(NS(=O)(=O)c2cn(C)nc2C)n1. The highest BCUT2D eigenvalue weighted by Crippen LogP contribution is 2.20. The zero-order valence-corrected chi connectivity index (χ0v) is 11.3. The first kappa shape index (κ1) is 12.1. The molecule has 17 heavy (non-hydrogen) atoms. The Hall–Kier alpha value is -1.41. The molecule has 0 unspecified atom stereocenters. The average molecular weight is 272 g/mol. The molecule has 0 aliphatic carbocycles. The summed E-state index contributed by atoms with van der Waals surface area (Å²) in [7, 11) is -1.92. The van der Waals surface area contributed by atoms with E-state index >= 15 is 0 Å². The fourth-order valence-electron chi connectivity index (χ4n) is 1.41. The van der Waals surface area contributed by atoms with Gasteiger partial charge >= 0.3 is 0 Å². The van der Waals surface area contributed by atoms with E-state index in [4.69, 9.17) is 0 Å². The van der Waals surface area contributed by atoms with Crippen molar-refractivity contribution in [3.05, 3.63) is 23.0 Å². The van der Waals surface area contributed by atoms with Gasteiger partial charge in [-0.2, -0.15) is 5.10 Å². The lowest BCUT2D eigenvalue weighted by atomic mass is 10.5. The third-order valence-corrected chi connectivity index (χ3v) is 4.55. The lowest BCUT2D eigenvalue weighted by Gasteiger charge is -2.02. The second kappa shape index (κ2) is 4.11. The maximum absolute atomic E-state index is 12.0. The van der Waals surface area contributed by atoms with Crippen molar-refractivity contribution in [3.63, 3.8) is 0 Å². The summed E-state index contributed by atoms with van der Waals surface area (Å²) in [4.78, 5) is 4.23. The van der Waals surface area contributed by atoms with Crippen molar-refractivity contribution in [2.24, 2.45) is 7.05 Å². The molecule has 2 heterocycles. The number of aryl methyl sites for hydroxylation is 3. The number of rotatable bonds is 3. The number of hydrogen-bond acceptors (Lipinski definition) is 5. The van der Waals surface area contributed by atoms with Crippen LogP contribution in [0.15, 0.2) is 16.5 Å². The number of hydrogen-bond donors (Lipinski definition) is 1. The van der Waals surface area contributed by atoms with Gasteiger partial charge < -0.3 is 0 Å². The van der Waals surface area contributed by atoms with E-state index in [0.717, 1.165) is 5.69 Å². The normalized spacial score (nSPS) is 11.7. The van der Waals surface area contributed by atoms with Crippen LogP contribution in [0.4, 0.5) is 5.13 Å².